The third-order valence-corrected chi connectivity index (χ3v) is 4.18. The largest absolute Gasteiger partial charge is 0.490 e. The van der Waals surface area contributed by atoms with Crippen molar-refractivity contribution in [3.63, 3.8) is 0 Å². The summed E-state index contributed by atoms with van der Waals surface area (Å²) in [6.45, 7) is 4.43. The topological polar surface area (TPSA) is 21.3 Å². The van der Waals surface area contributed by atoms with E-state index in [2.05, 4.69) is 19.2 Å². The molecular formula is C14H20FNO. The molecule has 1 saturated carbocycles. The van der Waals surface area contributed by atoms with Gasteiger partial charge in [0.05, 0.1) is 0 Å². The second-order valence-corrected chi connectivity index (χ2v) is 5.00. The first-order chi connectivity index (χ1) is 8.10. The van der Waals surface area contributed by atoms with E-state index in [1.165, 1.54) is 12.1 Å². The molecule has 3 atom stereocenters. The van der Waals surface area contributed by atoms with Gasteiger partial charge < -0.3 is 10.1 Å². The summed E-state index contributed by atoms with van der Waals surface area (Å²) in [5.74, 6) is 0.531. The van der Waals surface area contributed by atoms with Crippen LogP contribution in [0.2, 0.25) is 0 Å². The van der Waals surface area contributed by atoms with Crippen molar-refractivity contribution >= 4 is 0 Å². The van der Waals surface area contributed by atoms with E-state index in [4.69, 9.17) is 4.74 Å². The van der Waals surface area contributed by atoms with Crippen LogP contribution < -0.4 is 10.1 Å². The quantitative estimate of drug-likeness (QED) is 0.869. The Balaban J connectivity index is 2.03. The molecule has 2 rings (SSSR count). The number of hydrogen-bond donors (Lipinski definition) is 1. The molecule has 0 radical (unpaired) electrons. The van der Waals surface area contributed by atoms with Crippen molar-refractivity contribution in [1.82, 2.24) is 5.32 Å². The molecule has 0 bridgehead atoms. The standard InChI is InChI=1S/C14H20FNO/c1-4-14(2)12(16-3)9-13(14)17-11-7-5-10(15)6-8-11/h5-8,12-13,16H,4,9H2,1-3H3. The van der Waals surface area contributed by atoms with Gasteiger partial charge in [-0.3, -0.25) is 0 Å². The first kappa shape index (κ1) is 12.4. The molecule has 1 aromatic rings. The fraction of sp³-hybridized carbons (Fsp3) is 0.571. The fourth-order valence-corrected chi connectivity index (χ4v) is 2.60. The number of halogens is 1. The number of benzene rings is 1. The summed E-state index contributed by atoms with van der Waals surface area (Å²) < 4.78 is 18.7. The first-order valence-electron chi connectivity index (χ1n) is 6.19. The van der Waals surface area contributed by atoms with Crippen molar-refractivity contribution in [3.05, 3.63) is 30.1 Å². The van der Waals surface area contributed by atoms with Crippen molar-refractivity contribution in [2.75, 3.05) is 7.05 Å². The molecule has 1 aromatic carbocycles. The molecule has 0 spiro atoms. The number of hydrogen-bond acceptors (Lipinski definition) is 2. The molecule has 0 heterocycles. The van der Waals surface area contributed by atoms with Crippen molar-refractivity contribution < 1.29 is 9.13 Å². The van der Waals surface area contributed by atoms with Crippen LogP contribution in [-0.4, -0.2) is 19.2 Å². The van der Waals surface area contributed by atoms with Gasteiger partial charge in [0.2, 0.25) is 0 Å². The minimum absolute atomic E-state index is 0.170. The highest BCUT2D eigenvalue weighted by atomic mass is 19.1. The molecule has 1 N–H and O–H groups in total. The molecule has 0 saturated heterocycles. The van der Waals surface area contributed by atoms with Gasteiger partial charge in [0.1, 0.15) is 17.7 Å². The second-order valence-electron chi connectivity index (χ2n) is 5.00. The Hall–Kier alpha value is -1.09. The van der Waals surface area contributed by atoms with Gasteiger partial charge in [-0.05, 0) is 37.7 Å². The molecular weight excluding hydrogens is 217 g/mol. The van der Waals surface area contributed by atoms with Gasteiger partial charge in [-0.15, -0.1) is 0 Å². The summed E-state index contributed by atoms with van der Waals surface area (Å²) in [5.41, 5.74) is 0.170. The molecule has 2 nitrogen and oxygen atoms in total. The first-order valence-corrected chi connectivity index (χ1v) is 6.19. The van der Waals surface area contributed by atoms with E-state index in [-0.39, 0.29) is 17.3 Å². The summed E-state index contributed by atoms with van der Waals surface area (Å²) in [4.78, 5) is 0. The zero-order valence-electron chi connectivity index (χ0n) is 10.7. The number of nitrogens with one attached hydrogen (secondary N) is 1. The molecule has 1 aliphatic carbocycles. The van der Waals surface area contributed by atoms with E-state index in [0.29, 0.717) is 6.04 Å². The molecule has 17 heavy (non-hydrogen) atoms. The number of rotatable bonds is 4. The molecule has 3 unspecified atom stereocenters. The van der Waals surface area contributed by atoms with Crippen molar-refractivity contribution in [1.29, 1.82) is 0 Å². The summed E-state index contributed by atoms with van der Waals surface area (Å²) in [6, 6.07) is 6.77. The minimum Gasteiger partial charge on any atom is -0.490 e. The third-order valence-electron chi connectivity index (χ3n) is 4.18. The Morgan fingerprint density at radius 3 is 2.59 bits per heavy atom. The molecule has 94 valence electrons. The lowest BCUT2D eigenvalue weighted by Crippen LogP contribution is -2.62. The van der Waals surface area contributed by atoms with Gasteiger partial charge in [-0.2, -0.15) is 0 Å². The molecule has 0 aromatic heterocycles. The van der Waals surface area contributed by atoms with Crippen LogP contribution in [0.25, 0.3) is 0 Å². The Labute approximate surface area is 102 Å². The van der Waals surface area contributed by atoms with Crippen molar-refractivity contribution in [2.24, 2.45) is 5.41 Å². The maximum absolute atomic E-state index is 12.8. The van der Waals surface area contributed by atoms with Gasteiger partial charge in [0.25, 0.3) is 0 Å². The van der Waals surface area contributed by atoms with Crippen molar-refractivity contribution in [3.8, 4) is 5.75 Å². The average molecular weight is 237 g/mol. The zero-order valence-corrected chi connectivity index (χ0v) is 10.7. The predicted molar refractivity (Wildman–Crippen MR) is 66.7 cm³/mol. The van der Waals surface area contributed by atoms with Gasteiger partial charge in [-0.1, -0.05) is 13.8 Å². The third kappa shape index (κ3) is 2.16. The zero-order chi connectivity index (χ0) is 12.5. The van der Waals surface area contributed by atoms with E-state index in [1.807, 2.05) is 7.05 Å². The maximum Gasteiger partial charge on any atom is 0.123 e. The highest BCUT2D eigenvalue weighted by molar-refractivity contribution is 5.23. The van der Waals surface area contributed by atoms with Crippen LogP contribution in [0.1, 0.15) is 26.7 Å². The Bertz CT molecular complexity index is 378. The minimum atomic E-state index is -0.225. The van der Waals surface area contributed by atoms with Gasteiger partial charge in [0.15, 0.2) is 0 Å². The van der Waals surface area contributed by atoms with Gasteiger partial charge >= 0.3 is 0 Å². The van der Waals surface area contributed by atoms with E-state index in [1.54, 1.807) is 12.1 Å². The fourth-order valence-electron chi connectivity index (χ4n) is 2.60. The lowest BCUT2D eigenvalue weighted by molar-refractivity contribution is -0.0677. The van der Waals surface area contributed by atoms with Crippen LogP contribution >= 0.6 is 0 Å². The van der Waals surface area contributed by atoms with Crippen molar-refractivity contribution in [2.45, 2.75) is 38.8 Å². The van der Waals surface area contributed by atoms with E-state index in [0.717, 1.165) is 18.6 Å². The summed E-state index contributed by atoms with van der Waals surface area (Å²) >= 11 is 0. The van der Waals surface area contributed by atoms with Crippen LogP contribution in [0.4, 0.5) is 4.39 Å². The predicted octanol–water partition coefficient (Wildman–Crippen LogP) is 2.98. The Morgan fingerprint density at radius 2 is 2.06 bits per heavy atom. The smallest absolute Gasteiger partial charge is 0.123 e. The SMILES string of the molecule is CCC1(C)C(NC)CC1Oc1ccc(F)cc1. The average Bonchev–Trinajstić information content (AvgIpc) is 2.35. The van der Waals surface area contributed by atoms with E-state index < -0.39 is 0 Å². The summed E-state index contributed by atoms with van der Waals surface area (Å²) in [5, 5.41) is 3.33. The summed E-state index contributed by atoms with van der Waals surface area (Å²) in [7, 11) is 1.99. The molecule has 0 amide bonds. The Kier molecular flexibility index (Phi) is 3.38. The normalized spacial score (nSPS) is 32.0. The number of ether oxygens (including phenoxy) is 1. The monoisotopic (exact) mass is 237 g/mol. The molecule has 1 aliphatic rings. The van der Waals surface area contributed by atoms with Crippen LogP contribution in [0.15, 0.2) is 24.3 Å². The van der Waals surface area contributed by atoms with E-state index in [9.17, 15) is 4.39 Å². The highest BCUT2D eigenvalue weighted by Gasteiger charge is 2.51. The van der Waals surface area contributed by atoms with E-state index >= 15 is 0 Å². The maximum atomic E-state index is 12.8. The molecule has 0 aliphatic heterocycles. The van der Waals surface area contributed by atoms with Crippen LogP contribution in [0.3, 0.4) is 0 Å². The molecule has 3 heteroatoms. The lowest BCUT2D eigenvalue weighted by Gasteiger charge is -2.53. The highest BCUT2D eigenvalue weighted by Crippen LogP contribution is 2.45. The van der Waals surface area contributed by atoms with Crippen LogP contribution in [0, 0.1) is 11.2 Å². The lowest BCUT2D eigenvalue weighted by atomic mass is 9.61. The second kappa shape index (κ2) is 4.65. The molecule has 1 fully saturated rings. The van der Waals surface area contributed by atoms with Crippen LogP contribution in [0.5, 0.6) is 5.75 Å². The van der Waals surface area contributed by atoms with Gasteiger partial charge in [-0.25, -0.2) is 4.39 Å². The Morgan fingerprint density at radius 1 is 1.41 bits per heavy atom. The summed E-state index contributed by atoms with van der Waals surface area (Å²) in [6.07, 6.45) is 2.30. The van der Waals surface area contributed by atoms with Crippen LogP contribution in [-0.2, 0) is 0 Å². The van der Waals surface area contributed by atoms with Gasteiger partial charge in [0, 0.05) is 17.9 Å².